The zero-order chi connectivity index (χ0) is 70.1. The number of fused-ring (bicyclic) bond motifs is 20. The van der Waals surface area contributed by atoms with Crippen LogP contribution >= 0.6 is 0 Å². The summed E-state index contributed by atoms with van der Waals surface area (Å²) in [5, 5.41) is -1.17. The third-order valence-electron chi connectivity index (χ3n) is 13.2. The molecule has 0 atom stereocenters. The molecule has 1 radical (unpaired) electrons. The Kier molecular flexibility index (Phi) is 22.8. The van der Waals surface area contributed by atoms with Crippen LogP contribution in [0.15, 0.2) is 48.5 Å². The van der Waals surface area contributed by atoms with E-state index in [1.54, 1.807) is 0 Å². The summed E-state index contributed by atoms with van der Waals surface area (Å²) in [5.74, 6) is -2.38. The van der Waals surface area contributed by atoms with E-state index in [9.17, 15) is 105 Å². The van der Waals surface area contributed by atoms with Gasteiger partial charge in [0.25, 0.3) is 0 Å². The first-order valence-corrected chi connectivity index (χ1v) is 27.0. The molecule has 531 valence electrons. The molecule has 16 nitrogen and oxygen atoms in total. The van der Waals surface area contributed by atoms with Crippen molar-refractivity contribution in [2.75, 3.05) is 52.9 Å². The monoisotopic (exact) mass is 1470 g/mol. The molecule has 0 fully saturated rings. The molecule has 0 amide bonds. The molecule has 7 aromatic rings. The second-order valence-electron chi connectivity index (χ2n) is 21.0. The number of ether oxygens (including phenoxy) is 8. The van der Waals surface area contributed by atoms with Crippen molar-refractivity contribution in [2.24, 2.45) is 0 Å². The Morgan fingerprint density at radius 2 is 0.371 bits per heavy atom. The number of aromatic nitrogens is 8. The van der Waals surface area contributed by atoms with E-state index < -0.39 is 201 Å². The van der Waals surface area contributed by atoms with Crippen LogP contribution < -0.4 is 9.97 Å². The largest absolute Gasteiger partial charge is 2.00 e. The topological polar surface area (TPSA) is 179 Å². The van der Waals surface area contributed by atoms with Crippen molar-refractivity contribution in [1.29, 1.82) is 0 Å². The van der Waals surface area contributed by atoms with Crippen LogP contribution in [0, 0.1) is 0 Å². The van der Waals surface area contributed by atoms with Crippen molar-refractivity contribution < 1.29 is 160 Å². The summed E-state index contributed by atoms with van der Waals surface area (Å²) in [6.45, 7) is -23.7. The van der Waals surface area contributed by atoms with Crippen LogP contribution in [0.1, 0.15) is 44.5 Å². The molecule has 0 aliphatic carbocycles. The Morgan fingerprint density at radius 1 is 0.227 bits per heavy atom. The first-order chi connectivity index (χ1) is 44.5. The van der Waals surface area contributed by atoms with Crippen LogP contribution in [-0.2, 0) is 108 Å². The van der Waals surface area contributed by atoms with E-state index in [0.717, 1.165) is 48.5 Å². The van der Waals surface area contributed by atoms with Gasteiger partial charge < -0.3 is 67.8 Å². The van der Waals surface area contributed by atoms with E-state index in [0.29, 0.717) is 0 Å². The Balaban J connectivity index is 0.0000120. The van der Waals surface area contributed by atoms with Gasteiger partial charge >= 0.3 is 66.5 Å². The fourth-order valence-corrected chi connectivity index (χ4v) is 9.49. The van der Waals surface area contributed by atoms with Crippen molar-refractivity contribution in [3.8, 4) is 45.6 Å². The van der Waals surface area contributed by atoms with Crippen LogP contribution in [-0.4, -0.2) is 132 Å². The Morgan fingerprint density at radius 3 is 0.515 bits per heavy atom. The molecule has 3 aromatic heterocycles. The third kappa shape index (κ3) is 21.4. The Bertz CT molecular complexity index is 3630. The molecule has 41 heteroatoms. The molecule has 2 aliphatic rings. The summed E-state index contributed by atoms with van der Waals surface area (Å²) < 4.78 is 363. The van der Waals surface area contributed by atoms with Crippen molar-refractivity contribution in [3.05, 3.63) is 93.0 Å². The van der Waals surface area contributed by atoms with E-state index in [1.807, 2.05) is 0 Å². The van der Waals surface area contributed by atoms with Gasteiger partial charge in [-0.2, -0.15) is 105 Å². The molecular weight excluding hydrogens is 1430 g/mol. The van der Waals surface area contributed by atoms with Gasteiger partial charge in [0.1, 0.15) is 52.9 Å². The fourth-order valence-electron chi connectivity index (χ4n) is 9.49. The van der Waals surface area contributed by atoms with Crippen molar-refractivity contribution >= 4 is 44.1 Å². The summed E-state index contributed by atoms with van der Waals surface area (Å²) in [6.07, 6.45) is -39.9. The van der Waals surface area contributed by atoms with E-state index in [-0.39, 0.29) is 105 Å². The molecule has 0 spiro atoms. The van der Waals surface area contributed by atoms with Crippen molar-refractivity contribution in [2.45, 2.75) is 102 Å². The Hall–Kier alpha value is -7.24. The van der Waals surface area contributed by atoms with Gasteiger partial charge in [-0.05, 0) is 115 Å². The molecular formula is C56H40CuF24N8O8. The number of alkyl halides is 24. The number of rotatable bonds is 24. The number of nitrogens with zero attached hydrogens (tertiary/aromatic N) is 8. The van der Waals surface area contributed by atoms with Gasteiger partial charge in [0.15, 0.2) is 0 Å². The molecule has 5 heterocycles. The summed E-state index contributed by atoms with van der Waals surface area (Å²) in [6, 6.07) is 8.11. The average Bonchev–Trinajstić information content (AvgIpc) is 1.60. The van der Waals surface area contributed by atoms with Gasteiger partial charge in [0, 0.05) is 44.8 Å². The fraction of sp³-hybridized carbons (Fsp3) is 0.429. The normalized spacial score (nSPS) is 13.4. The second kappa shape index (κ2) is 29.3. The van der Waals surface area contributed by atoms with Gasteiger partial charge in [-0.15, -0.1) is 0 Å². The van der Waals surface area contributed by atoms with Crippen LogP contribution in [0.4, 0.5) is 105 Å². The first-order valence-electron chi connectivity index (χ1n) is 27.0. The molecule has 9 rings (SSSR count). The van der Waals surface area contributed by atoms with E-state index >= 15 is 0 Å². The maximum absolute atomic E-state index is 13.5. The van der Waals surface area contributed by atoms with Crippen molar-refractivity contribution in [3.63, 3.8) is 0 Å². The maximum Gasteiger partial charge on any atom is 2.00 e. The average molecular weight is 1470 g/mol. The smallest absolute Gasteiger partial charge is 0.367 e. The molecule has 0 unspecified atom stereocenters. The molecule has 8 bridgehead atoms. The third-order valence-corrected chi connectivity index (χ3v) is 13.2. The molecule has 2 aliphatic heterocycles. The van der Waals surface area contributed by atoms with Crippen LogP contribution in [0.2, 0.25) is 0 Å². The Labute approximate surface area is 536 Å². The van der Waals surface area contributed by atoms with Crippen LogP contribution in [0.5, 0.6) is 0 Å². The summed E-state index contributed by atoms with van der Waals surface area (Å²) in [7, 11) is 0. The van der Waals surface area contributed by atoms with Crippen molar-refractivity contribution in [1.82, 2.24) is 39.9 Å². The number of benzene rings is 4. The molecule has 0 saturated carbocycles. The standard InChI is InChI=1S/C56H40F24N8O8.Cu/c57-49(58,59)17-89-9-25-1-33-34(2-26(25)10-90-18-50(60,61)62)42-81-41(33)85-43-35-3-27(11-91-19-51(63,64)65)28(12-92-20-52(66,67)68)4-36(35)45(82-43)87-47-39-7-31(15-95-23-55(75,76)77)32(16-96-24-56(78,79)80)8-40(39)48(84-47)88-46-38-6-30(14-94-22-54(72,73)74)29(13-93-21-53(69,70)71)5-37(38)44(83-46)86-42;/h1-8H,9-24H2;/q-2;+2. The van der Waals surface area contributed by atoms with Gasteiger partial charge in [-0.1, -0.05) is 0 Å². The van der Waals surface area contributed by atoms with E-state index in [4.69, 9.17) is 37.9 Å². The number of hydrogen-bond donors (Lipinski definition) is 0. The minimum absolute atomic E-state index is 0. The number of hydrogen-bond acceptors (Lipinski definition) is 14. The molecule has 97 heavy (non-hydrogen) atoms. The van der Waals surface area contributed by atoms with E-state index in [1.165, 1.54) is 0 Å². The maximum atomic E-state index is 13.5. The zero-order valence-corrected chi connectivity index (χ0v) is 49.1. The predicted molar refractivity (Wildman–Crippen MR) is 280 cm³/mol. The first kappa shape index (κ1) is 75.5. The van der Waals surface area contributed by atoms with Gasteiger partial charge in [-0.3, -0.25) is 0 Å². The van der Waals surface area contributed by atoms with Gasteiger partial charge in [-0.25, -0.2) is 9.97 Å². The SMILES string of the molecule is FC(F)(F)COCc1cc2c(cc1COCC(F)(F)F)-c1nc-2nc2[n-]c(nc3nc(nc4[n-]c(n1)c1cc(COCC(F)(F)F)c(COCC(F)(F)F)cc41)-c1cc(COCC(F)(F)F)c(COCC(F)(F)F)cc1-3)c1cc(COCC(F)(F)F)c(COCC(F)(F)F)cc21.[Cu+2]. The zero-order valence-electron chi connectivity index (χ0n) is 48.1. The molecule has 0 saturated heterocycles. The van der Waals surface area contributed by atoms with Crippen LogP contribution in [0.25, 0.3) is 89.7 Å². The molecule has 0 N–H and O–H groups in total. The number of halogens is 24. The van der Waals surface area contributed by atoms with Crippen LogP contribution in [0.3, 0.4) is 0 Å². The van der Waals surface area contributed by atoms with Gasteiger partial charge in [0.05, 0.1) is 76.2 Å². The quantitative estimate of drug-likeness (QED) is 0.0411. The summed E-state index contributed by atoms with van der Waals surface area (Å²) in [4.78, 5) is 36.2. The second-order valence-corrected chi connectivity index (χ2v) is 21.0. The van der Waals surface area contributed by atoms with Gasteiger partial charge in [0.2, 0.25) is 0 Å². The summed E-state index contributed by atoms with van der Waals surface area (Å²) >= 11 is 0. The molecule has 4 aromatic carbocycles. The summed E-state index contributed by atoms with van der Waals surface area (Å²) in [5.41, 5.74) is -6.19. The minimum Gasteiger partial charge on any atom is -0.367 e. The predicted octanol–water partition coefficient (Wildman–Crippen LogP) is 14.8. The minimum atomic E-state index is -4.99. The van der Waals surface area contributed by atoms with E-state index in [2.05, 4.69) is 39.9 Å².